The van der Waals surface area contributed by atoms with Gasteiger partial charge in [0.2, 0.25) is 0 Å². The molecule has 2 aliphatic rings. The van der Waals surface area contributed by atoms with Gasteiger partial charge in [0.1, 0.15) is 24.5 Å². The van der Waals surface area contributed by atoms with Crippen molar-refractivity contribution < 1.29 is 48.0 Å². The molecule has 11 atom stereocenters. The Labute approximate surface area is 293 Å². The predicted molar refractivity (Wildman–Crippen MR) is 180 cm³/mol. The molecule has 0 radical (unpaired) electrons. The number of methoxy groups -OCH3 is 1. The summed E-state index contributed by atoms with van der Waals surface area (Å²) in [4.78, 5) is 63.9. The molecular weight excluding hydrogens is 652 g/mol. The second-order valence-electron chi connectivity index (χ2n) is 13.9. The van der Waals surface area contributed by atoms with Gasteiger partial charge in [-0.15, -0.1) is 0 Å². The molecule has 1 N–H and O–H groups in total. The molecule has 1 unspecified atom stereocenters. The number of carbonyl (C=O) groups excluding carboxylic acids is 4. The van der Waals surface area contributed by atoms with Gasteiger partial charge in [0, 0.05) is 47.9 Å². The van der Waals surface area contributed by atoms with Crippen molar-refractivity contribution in [1.82, 2.24) is 14.5 Å². The molecule has 16 heteroatoms. The number of azide groups is 1. The van der Waals surface area contributed by atoms with E-state index in [1.54, 1.807) is 27.7 Å². The van der Waals surface area contributed by atoms with Crippen LogP contribution in [0, 0.1) is 17.8 Å². The SMILES string of the molecule is CC[C@H]1OC(=O)[C@H](C)C(=O)[C@H](C)[C@@H](OC2O[C@H](C)C[C@H](N(C)C)[C@H]2O)[C@@](C)(OC)C[C@@H](C)C(=O)C(CN=[N+]=[N-])=C[C@]1(C)OC(=O)n1ccnc1. The van der Waals surface area contributed by atoms with Gasteiger partial charge in [0.15, 0.2) is 23.5 Å². The summed E-state index contributed by atoms with van der Waals surface area (Å²) in [6, 6.07) is -0.312. The molecule has 50 heavy (non-hydrogen) atoms. The van der Waals surface area contributed by atoms with Crippen LogP contribution in [0.1, 0.15) is 67.7 Å². The second kappa shape index (κ2) is 17.0. The number of aliphatic hydroxyl groups is 1. The number of aliphatic hydroxyl groups excluding tert-OH is 1. The Kier molecular flexibility index (Phi) is 13.9. The maximum Gasteiger partial charge on any atom is 0.420 e. The first kappa shape index (κ1) is 40.8. The number of carbonyl (C=O) groups is 4. The van der Waals surface area contributed by atoms with Gasteiger partial charge in [-0.3, -0.25) is 14.4 Å². The summed E-state index contributed by atoms with van der Waals surface area (Å²) >= 11 is 0. The molecule has 0 amide bonds. The maximum atomic E-state index is 14.2. The van der Waals surface area contributed by atoms with E-state index in [1.807, 2.05) is 25.9 Å². The Balaban J connectivity index is 2.19. The number of Topliss-reactive ketones (excluding diaryl/α,β-unsaturated/α-hetero) is 2. The van der Waals surface area contributed by atoms with Gasteiger partial charge in [-0.2, -0.15) is 0 Å². The first-order valence-electron chi connectivity index (χ1n) is 16.9. The summed E-state index contributed by atoms with van der Waals surface area (Å²) in [6.07, 6.45) is 0.246. The molecule has 0 saturated carbocycles. The third kappa shape index (κ3) is 9.16. The van der Waals surface area contributed by atoms with Crippen LogP contribution in [0.2, 0.25) is 0 Å². The minimum absolute atomic E-state index is 0.00423. The van der Waals surface area contributed by atoms with Gasteiger partial charge in [-0.25, -0.2) is 14.3 Å². The average molecular weight is 705 g/mol. The molecule has 1 aromatic heterocycles. The van der Waals surface area contributed by atoms with Crippen molar-refractivity contribution in [2.75, 3.05) is 27.7 Å². The number of likely N-dealkylation sites (N-methyl/N-ethyl adjacent to an activating group) is 1. The average Bonchev–Trinajstić information content (AvgIpc) is 3.62. The smallest absolute Gasteiger partial charge is 0.420 e. The molecule has 3 rings (SSSR count). The molecule has 1 aromatic rings. The lowest BCUT2D eigenvalue weighted by molar-refractivity contribution is -0.295. The van der Waals surface area contributed by atoms with Gasteiger partial charge in [0.25, 0.3) is 0 Å². The van der Waals surface area contributed by atoms with E-state index >= 15 is 0 Å². The lowest BCUT2D eigenvalue weighted by atomic mass is 9.76. The highest BCUT2D eigenvalue weighted by molar-refractivity contribution is 6.00. The predicted octanol–water partition coefficient (Wildman–Crippen LogP) is 3.85. The highest BCUT2D eigenvalue weighted by atomic mass is 16.7. The van der Waals surface area contributed by atoms with Gasteiger partial charge in [-0.1, -0.05) is 25.9 Å². The van der Waals surface area contributed by atoms with E-state index in [0.717, 1.165) is 4.57 Å². The molecule has 0 bridgehead atoms. The number of cyclic esters (lactones) is 1. The number of nitrogens with zero attached hydrogens (tertiary/aromatic N) is 6. The molecule has 16 nitrogen and oxygen atoms in total. The standard InChI is InChI=1S/C34H52N6O10/c1-11-25-33(6,50-32(45)40-13-12-36-18-40)16-23(17-37-38-35)26(41)19(2)15-34(7,46-10)29(21(4)27(42)22(5)30(44)48-25)49-31-28(43)24(39(8)9)14-20(3)47-31/h12-13,16,18-22,24-25,28-29,31,43H,11,14-15,17H2,1-10H3/t19-,20-,21+,22-,24+,25-,28-,29-,31?,33+,34+/m1/s1. The lowest BCUT2D eigenvalue weighted by Gasteiger charge is -2.46. The minimum Gasteiger partial charge on any atom is -0.457 e. The van der Waals surface area contributed by atoms with Crippen molar-refractivity contribution in [2.45, 2.75) is 116 Å². The van der Waals surface area contributed by atoms with Crippen LogP contribution in [0.5, 0.6) is 0 Å². The van der Waals surface area contributed by atoms with Crippen molar-refractivity contribution in [3.05, 3.63) is 40.8 Å². The van der Waals surface area contributed by atoms with Crippen LogP contribution in [-0.4, -0.2) is 119 Å². The molecule has 0 aromatic carbocycles. The van der Waals surface area contributed by atoms with E-state index in [4.69, 9.17) is 23.7 Å². The largest absolute Gasteiger partial charge is 0.457 e. The monoisotopic (exact) mass is 704 g/mol. The zero-order chi connectivity index (χ0) is 37.6. The van der Waals surface area contributed by atoms with Crippen molar-refractivity contribution in [2.24, 2.45) is 22.9 Å². The molecular formula is C34H52N6O10. The van der Waals surface area contributed by atoms with E-state index in [-0.39, 0.29) is 30.6 Å². The maximum absolute atomic E-state index is 14.2. The highest BCUT2D eigenvalue weighted by Crippen LogP contribution is 2.38. The van der Waals surface area contributed by atoms with Crippen molar-refractivity contribution in [3.8, 4) is 0 Å². The zero-order valence-electron chi connectivity index (χ0n) is 30.6. The summed E-state index contributed by atoms with van der Waals surface area (Å²) in [6.45, 7) is 11.0. The molecule has 0 aliphatic carbocycles. The van der Waals surface area contributed by atoms with E-state index < -0.39 is 83.7 Å². The van der Waals surface area contributed by atoms with Crippen LogP contribution < -0.4 is 0 Å². The van der Waals surface area contributed by atoms with Gasteiger partial charge in [-0.05, 0) is 72.7 Å². The highest BCUT2D eigenvalue weighted by Gasteiger charge is 2.50. The normalized spacial score (nSPS) is 36.2. The topological polar surface area (TPSA) is 204 Å². The Bertz CT molecular complexity index is 1450. The quantitative estimate of drug-likeness (QED) is 0.135. The number of hydrogen-bond acceptors (Lipinski definition) is 13. The fourth-order valence-electron chi connectivity index (χ4n) is 6.87. The first-order chi connectivity index (χ1) is 23.4. The Hall–Kier alpha value is -3.66. The summed E-state index contributed by atoms with van der Waals surface area (Å²) in [7, 11) is 5.10. The zero-order valence-corrected chi connectivity index (χ0v) is 30.6. The summed E-state index contributed by atoms with van der Waals surface area (Å²) in [5.41, 5.74) is 6.08. The van der Waals surface area contributed by atoms with Crippen LogP contribution in [0.25, 0.3) is 10.4 Å². The Morgan fingerprint density at radius 3 is 2.46 bits per heavy atom. The minimum atomic E-state index is -1.76. The summed E-state index contributed by atoms with van der Waals surface area (Å²) in [5.74, 6) is -5.05. The van der Waals surface area contributed by atoms with E-state index in [2.05, 4.69) is 15.0 Å². The van der Waals surface area contributed by atoms with Gasteiger partial charge in [0.05, 0.1) is 24.4 Å². The fraction of sp³-hybridized carbons (Fsp3) is 0.735. The molecule has 1 fully saturated rings. The van der Waals surface area contributed by atoms with Gasteiger partial charge >= 0.3 is 12.1 Å². The number of hydrogen-bond donors (Lipinski definition) is 1. The van der Waals surface area contributed by atoms with E-state index in [0.29, 0.717) is 6.42 Å². The van der Waals surface area contributed by atoms with Crippen LogP contribution in [0.3, 0.4) is 0 Å². The van der Waals surface area contributed by atoms with E-state index in [1.165, 1.54) is 45.8 Å². The Morgan fingerprint density at radius 1 is 1.22 bits per heavy atom. The molecule has 278 valence electrons. The van der Waals surface area contributed by atoms with E-state index in [9.17, 15) is 29.8 Å². The van der Waals surface area contributed by atoms with Gasteiger partial charge < -0.3 is 33.7 Å². The third-order valence-corrected chi connectivity index (χ3v) is 9.84. The summed E-state index contributed by atoms with van der Waals surface area (Å²) < 4.78 is 31.5. The fourth-order valence-corrected chi connectivity index (χ4v) is 6.87. The number of esters is 1. The van der Waals surface area contributed by atoms with Crippen LogP contribution in [0.4, 0.5) is 4.79 Å². The Morgan fingerprint density at radius 2 is 1.90 bits per heavy atom. The number of ether oxygens (including phenoxy) is 5. The van der Waals surface area contributed by atoms with Crippen molar-refractivity contribution in [1.29, 1.82) is 0 Å². The molecule has 0 spiro atoms. The van der Waals surface area contributed by atoms with Crippen LogP contribution in [-0.2, 0) is 38.1 Å². The summed E-state index contributed by atoms with van der Waals surface area (Å²) in [5, 5.41) is 15.0. The number of aromatic nitrogens is 2. The number of imidazole rings is 1. The van der Waals surface area contributed by atoms with Crippen molar-refractivity contribution in [3.63, 3.8) is 0 Å². The lowest BCUT2D eigenvalue weighted by Crippen LogP contribution is -2.59. The second-order valence-corrected chi connectivity index (χ2v) is 13.9. The van der Waals surface area contributed by atoms with Crippen LogP contribution >= 0.6 is 0 Å². The molecule has 2 aliphatic heterocycles. The number of rotatable bonds is 8. The van der Waals surface area contributed by atoms with Crippen molar-refractivity contribution >= 4 is 23.6 Å². The number of ketones is 2. The van der Waals surface area contributed by atoms with Crippen LogP contribution in [0.15, 0.2) is 35.5 Å². The molecule has 3 heterocycles. The first-order valence-corrected chi connectivity index (χ1v) is 16.9. The molecule has 1 saturated heterocycles. The third-order valence-electron chi connectivity index (χ3n) is 9.84.